The van der Waals surface area contributed by atoms with Gasteiger partial charge in [0.25, 0.3) is 6.43 Å². The summed E-state index contributed by atoms with van der Waals surface area (Å²) >= 11 is 0. The van der Waals surface area contributed by atoms with E-state index in [1.807, 2.05) is 0 Å². The van der Waals surface area contributed by atoms with Crippen LogP contribution in [-0.2, 0) is 0 Å². The molecule has 0 aliphatic heterocycles. The second kappa shape index (κ2) is 3.29. The molecule has 0 radical (unpaired) electrons. The molecule has 0 spiro atoms. The normalized spacial score (nSPS) is 31.0. The monoisotopic (exact) mass is 178 g/mol. The largest absolute Gasteiger partial charge is 0.387 e. The van der Waals surface area contributed by atoms with Gasteiger partial charge in [-0.1, -0.05) is 13.8 Å². The molecule has 1 N–H and O–H groups in total. The first-order chi connectivity index (χ1) is 5.42. The highest BCUT2D eigenvalue weighted by atomic mass is 19.3. The molecule has 1 nitrogen and oxygen atoms in total. The van der Waals surface area contributed by atoms with E-state index < -0.39 is 12.5 Å². The van der Waals surface area contributed by atoms with E-state index >= 15 is 0 Å². The van der Waals surface area contributed by atoms with Crippen LogP contribution in [0.2, 0.25) is 0 Å². The topological polar surface area (TPSA) is 20.2 Å². The lowest BCUT2D eigenvalue weighted by Gasteiger charge is -2.20. The zero-order valence-corrected chi connectivity index (χ0v) is 7.56. The minimum Gasteiger partial charge on any atom is -0.387 e. The lowest BCUT2D eigenvalue weighted by Crippen LogP contribution is -2.26. The fraction of sp³-hybridized carbons (Fsp3) is 1.00. The Labute approximate surface area is 71.8 Å². The maximum Gasteiger partial charge on any atom is 0.264 e. The van der Waals surface area contributed by atoms with Crippen molar-refractivity contribution < 1.29 is 13.9 Å². The van der Waals surface area contributed by atoms with Crippen LogP contribution in [0.4, 0.5) is 8.78 Å². The number of aliphatic hydroxyl groups excluding tert-OH is 1. The molecule has 1 saturated carbocycles. The highest BCUT2D eigenvalue weighted by Crippen LogP contribution is 2.43. The van der Waals surface area contributed by atoms with Gasteiger partial charge in [-0.2, -0.15) is 0 Å². The molecular formula is C9H16F2O. The van der Waals surface area contributed by atoms with E-state index in [0.29, 0.717) is 0 Å². The lowest BCUT2D eigenvalue weighted by molar-refractivity contribution is -0.0390. The zero-order valence-electron chi connectivity index (χ0n) is 7.56. The molecular weight excluding hydrogens is 162 g/mol. The summed E-state index contributed by atoms with van der Waals surface area (Å²) in [4.78, 5) is 0. The van der Waals surface area contributed by atoms with Gasteiger partial charge in [0.15, 0.2) is 0 Å². The van der Waals surface area contributed by atoms with Crippen LogP contribution in [0.25, 0.3) is 0 Å². The first-order valence-electron chi connectivity index (χ1n) is 4.38. The Bertz CT molecular complexity index is 157. The Morgan fingerprint density at radius 3 is 2.33 bits per heavy atom. The SMILES string of the molecule is CC1(C)CCC(C(O)C(F)F)C1. The van der Waals surface area contributed by atoms with Crippen LogP contribution in [0.15, 0.2) is 0 Å². The summed E-state index contributed by atoms with van der Waals surface area (Å²) in [6.45, 7) is 4.12. The van der Waals surface area contributed by atoms with Crippen LogP contribution in [0.5, 0.6) is 0 Å². The van der Waals surface area contributed by atoms with Gasteiger partial charge in [-0.3, -0.25) is 0 Å². The van der Waals surface area contributed by atoms with Crippen LogP contribution in [0.1, 0.15) is 33.1 Å². The third kappa shape index (κ3) is 2.16. The predicted molar refractivity (Wildman–Crippen MR) is 43.1 cm³/mol. The van der Waals surface area contributed by atoms with E-state index in [9.17, 15) is 8.78 Å². The highest BCUT2D eigenvalue weighted by Gasteiger charge is 2.37. The van der Waals surface area contributed by atoms with Gasteiger partial charge in [-0.25, -0.2) is 8.78 Å². The molecule has 2 atom stereocenters. The van der Waals surface area contributed by atoms with Crippen LogP contribution in [0.3, 0.4) is 0 Å². The second-order valence-corrected chi connectivity index (χ2v) is 4.49. The summed E-state index contributed by atoms with van der Waals surface area (Å²) in [7, 11) is 0. The number of aliphatic hydroxyl groups is 1. The molecule has 0 aromatic rings. The summed E-state index contributed by atoms with van der Waals surface area (Å²) < 4.78 is 24.2. The Morgan fingerprint density at radius 2 is 2.00 bits per heavy atom. The minimum atomic E-state index is -2.58. The van der Waals surface area contributed by atoms with Gasteiger partial charge in [-0.05, 0) is 30.6 Å². The predicted octanol–water partition coefficient (Wildman–Crippen LogP) is 2.44. The second-order valence-electron chi connectivity index (χ2n) is 4.49. The van der Waals surface area contributed by atoms with Crippen molar-refractivity contribution in [2.24, 2.45) is 11.3 Å². The van der Waals surface area contributed by atoms with Crippen molar-refractivity contribution in [3.63, 3.8) is 0 Å². The van der Waals surface area contributed by atoms with Crippen molar-refractivity contribution in [1.82, 2.24) is 0 Å². The molecule has 0 heterocycles. The molecule has 1 aliphatic rings. The van der Waals surface area contributed by atoms with E-state index in [0.717, 1.165) is 19.3 Å². The van der Waals surface area contributed by atoms with Crippen molar-refractivity contribution in [2.75, 3.05) is 0 Å². The average Bonchev–Trinajstić information content (AvgIpc) is 2.28. The maximum atomic E-state index is 12.1. The molecule has 1 rings (SSSR count). The van der Waals surface area contributed by atoms with Crippen molar-refractivity contribution in [1.29, 1.82) is 0 Å². The summed E-state index contributed by atoms with van der Waals surface area (Å²) in [5, 5.41) is 9.11. The highest BCUT2D eigenvalue weighted by molar-refractivity contribution is 4.86. The Kier molecular flexibility index (Phi) is 2.71. The van der Waals surface area contributed by atoms with Crippen molar-refractivity contribution in [3.8, 4) is 0 Å². The van der Waals surface area contributed by atoms with Crippen molar-refractivity contribution in [2.45, 2.75) is 45.6 Å². The molecule has 0 aromatic carbocycles. The Balaban J connectivity index is 2.47. The standard InChI is InChI=1S/C9H16F2O/c1-9(2)4-3-6(5-9)7(12)8(10)11/h6-8,12H,3-5H2,1-2H3. The zero-order chi connectivity index (χ0) is 9.35. The molecule has 0 amide bonds. The molecule has 2 unspecified atom stereocenters. The molecule has 0 aromatic heterocycles. The molecule has 72 valence electrons. The number of hydrogen-bond donors (Lipinski definition) is 1. The molecule has 0 bridgehead atoms. The fourth-order valence-corrected chi connectivity index (χ4v) is 1.99. The first-order valence-corrected chi connectivity index (χ1v) is 4.38. The van der Waals surface area contributed by atoms with Crippen LogP contribution in [-0.4, -0.2) is 17.6 Å². The summed E-state index contributed by atoms with van der Waals surface area (Å²) in [6, 6.07) is 0. The maximum absolute atomic E-state index is 12.1. The molecule has 1 fully saturated rings. The summed E-state index contributed by atoms with van der Waals surface area (Å²) in [5.74, 6) is -0.194. The van der Waals surface area contributed by atoms with Crippen LogP contribution in [0, 0.1) is 11.3 Å². The van der Waals surface area contributed by atoms with Gasteiger partial charge in [0, 0.05) is 0 Å². The Hall–Kier alpha value is -0.180. The summed E-state index contributed by atoms with van der Waals surface area (Å²) in [5.41, 5.74) is 0.139. The first kappa shape index (κ1) is 9.90. The third-order valence-electron chi connectivity index (χ3n) is 2.75. The summed E-state index contributed by atoms with van der Waals surface area (Å²) in [6.07, 6.45) is -1.59. The Morgan fingerprint density at radius 1 is 1.42 bits per heavy atom. The number of halogens is 2. The van der Waals surface area contributed by atoms with Gasteiger partial charge >= 0.3 is 0 Å². The van der Waals surface area contributed by atoms with E-state index in [-0.39, 0.29) is 11.3 Å². The quantitative estimate of drug-likeness (QED) is 0.688. The smallest absolute Gasteiger partial charge is 0.264 e. The van der Waals surface area contributed by atoms with Gasteiger partial charge in [0.05, 0.1) is 0 Å². The molecule has 1 aliphatic carbocycles. The van der Waals surface area contributed by atoms with E-state index in [1.54, 1.807) is 0 Å². The van der Waals surface area contributed by atoms with E-state index in [1.165, 1.54) is 0 Å². The number of rotatable bonds is 2. The third-order valence-corrected chi connectivity index (χ3v) is 2.75. The lowest BCUT2D eigenvalue weighted by atomic mass is 9.89. The number of alkyl halides is 2. The van der Waals surface area contributed by atoms with Gasteiger partial charge in [0.2, 0.25) is 0 Å². The van der Waals surface area contributed by atoms with Crippen LogP contribution >= 0.6 is 0 Å². The molecule has 0 saturated heterocycles. The van der Waals surface area contributed by atoms with E-state index in [2.05, 4.69) is 13.8 Å². The van der Waals surface area contributed by atoms with Crippen molar-refractivity contribution in [3.05, 3.63) is 0 Å². The van der Waals surface area contributed by atoms with Crippen molar-refractivity contribution >= 4 is 0 Å². The van der Waals surface area contributed by atoms with Crippen LogP contribution < -0.4 is 0 Å². The van der Waals surface area contributed by atoms with Gasteiger partial charge < -0.3 is 5.11 Å². The van der Waals surface area contributed by atoms with E-state index in [4.69, 9.17) is 5.11 Å². The van der Waals surface area contributed by atoms with Gasteiger partial charge in [-0.15, -0.1) is 0 Å². The number of hydrogen-bond acceptors (Lipinski definition) is 1. The van der Waals surface area contributed by atoms with Gasteiger partial charge in [0.1, 0.15) is 6.10 Å². The minimum absolute atomic E-state index is 0.139. The average molecular weight is 178 g/mol. The molecule has 12 heavy (non-hydrogen) atoms. The fourth-order valence-electron chi connectivity index (χ4n) is 1.99. The molecule has 3 heteroatoms.